The highest BCUT2D eigenvalue weighted by Gasteiger charge is 2.29. The van der Waals surface area contributed by atoms with Crippen LogP contribution in [-0.4, -0.2) is 40.7 Å². The van der Waals surface area contributed by atoms with Crippen LogP contribution in [0.3, 0.4) is 0 Å². The van der Waals surface area contributed by atoms with Crippen LogP contribution in [0.2, 0.25) is 0 Å². The molecule has 1 atom stereocenters. The van der Waals surface area contributed by atoms with Crippen molar-refractivity contribution in [3.05, 3.63) is 22.5 Å². The summed E-state index contributed by atoms with van der Waals surface area (Å²) in [5.41, 5.74) is 8.76. The van der Waals surface area contributed by atoms with Crippen LogP contribution in [0.1, 0.15) is 58.8 Å². The maximum absolute atomic E-state index is 12.6. The SMILES string of the molecule is CCCc1c(C(=O)N2CC[C@@H](N)C2)[nH]c(C)c1C(C)=O. The van der Waals surface area contributed by atoms with Crippen LogP contribution >= 0.6 is 0 Å². The van der Waals surface area contributed by atoms with Gasteiger partial charge >= 0.3 is 0 Å². The first-order chi connectivity index (χ1) is 9.45. The molecule has 2 heterocycles. The number of aromatic amines is 1. The highest BCUT2D eigenvalue weighted by atomic mass is 16.2. The summed E-state index contributed by atoms with van der Waals surface area (Å²) in [5, 5.41) is 0. The van der Waals surface area contributed by atoms with E-state index in [1.54, 1.807) is 11.8 Å². The van der Waals surface area contributed by atoms with Gasteiger partial charge in [0, 0.05) is 30.4 Å². The normalized spacial score (nSPS) is 18.6. The zero-order chi connectivity index (χ0) is 14.9. The van der Waals surface area contributed by atoms with Crippen LogP contribution in [0, 0.1) is 6.92 Å². The molecule has 0 bridgehead atoms. The summed E-state index contributed by atoms with van der Waals surface area (Å²) >= 11 is 0. The van der Waals surface area contributed by atoms with Crippen LogP contribution in [0.25, 0.3) is 0 Å². The smallest absolute Gasteiger partial charge is 0.270 e. The number of Topliss-reactive ketones (excluding diaryl/α,β-unsaturated/α-hetero) is 1. The van der Waals surface area contributed by atoms with Crippen LogP contribution < -0.4 is 5.73 Å². The standard InChI is InChI=1S/C15H23N3O2/c1-4-5-12-13(10(3)19)9(2)17-14(12)15(20)18-7-6-11(16)8-18/h11,17H,4-8,16H2,1-3H3/t11-/m1/s1. The molecule has 1 aromatic heterocycles. The molecule has 5 heteroatoms. The van der Waals surface area contributed by atoms with E-state index in [1.807, 2.05) is 13.8 Å². The molecule has 1 aromatic rings. The number of aryl methyl sites for hydroxylation is 1. The van der Waals surface area contributed by atoms with Gasteiger partial charge in [-0.25, -0.2) is 0 Å². The minimum absolute atomic E-state index is 0.0133. The molecule has 110 valence electrons. The predicted molar refractivity (Wildman–Crippen MR) is 78.0 cm³/mol. The molecule has 1 aliphatic rings. The minimum Gasteiger partial charge on any atom is -0.354 e. The average Bonchev–Trinajstić information content (AvgIpc) is 2.93. The Morgan fingerprint density at radius 2 is 2.15 bits per heavy atom. The molecule has 0 aromatic carbocycles. The Morgan fingerprint density at radius 1 is 1.45 bits per heavy atom. The van der Waals surface area contributed by atoms with Crippen molar-refractivity contribution in [1.29, 1.82) is 0 Å². The van der Waals surface area contributed by atoms with Crippen molar-refractivity contribution in [2.75, 3.05) is 13.1 Å². The summed E-state index contributed by atoms with van der Waals surface area (Å²) in [5.74, 6) is -0.0172. The molecule has 0 saturated carbocycles. The van der Waals surface area contributed by atoms with Crippen LogP contribution in [0.15, 0.2) is 0 Å². The van der Waals surface area contributed by atoms with Gasteiger partial charge in [-0.3, -0.25) is 9.59 Å². The number of amides is 1. The number of H-pyrrole nitrogens is 1. The van der Waals surface area contributed by atoms with Crippen molar-refractivity contribution < 1.29 is 9.59 Å². The largest absolute Gasteiger partial charge is 0.354 e. The van der Waals surface area contributed by atoms with Gasteiger partial charge in [0.2, 0.25) is 0 Å². The number of hydrogen-bond acceptors (Lipinski definition) is 3. The summed E-state index contributed by atoms with van der Waals surface area (Å²) < 4.78 is 0. The lowest BCUT2D eigenvalue weighted by Gasteiger charge is -2.16. The van der Waals surface area contributed by atoms with Crippen molar-refractivity contribution >= 4 is 11.7 Å². The van der Waals surface area contributed by atoms with Crippen molar-refractivity contribution in [3.8, 4) is 0 Å². The summed E-state index contributed by atoms with van der Waals surface area (Å²) in [6.07, 6.45) is 2.48. The van der Waals surface area contributed by atoms with E-state index in [0.717, 1.165) is 30.5 Å². The van der Waals surface area contributed by atoms with E-state index in [1.165, 1.54) is 0 Å². The maximum Gasteiger partial charge on any atom is 0.270 e. The Morgan fingerprint density at radius 3 is 2.65 bits per heavy atom. The van der Waals surface area contributed by atoms with Gasteiger partial charge in [-0.1, -0.05) is 13.3 Å². The minimum atomic E-state index is -0.0306. The van der Waals surface area contributed by atoms with E-state index < -0.39 is 0 Å². The number of aromatic nitrogens is 1. The first-order valence-corrected chi connectivity index (χ1v) is 7.22. The summed E-state index contributed by atoms with van der Waals surface area (Å²) in [6, 6.07) is 0.0666. The van der Waals surface area contributed by atoms with Gasteiger partial charge in [0.05, 0.1) is 0 Å². The number of nitrogens with one attached hydrogen (secondary N) is 1. The lowest BCUT2D eigenvalue weighted by atomic mass is 10.0. The molecular formula is C15H23N3O2. The zero-order valence-corrected chi connectivity index (χ0v) is 12.5. The molecule has 1 fully saturated rings. The molecule has 0 radical (unpaired) electrons. The first-order valence-electron chi connectivity index (χ1n) is 7.22. The summed E-state index contributed by atoms with van der Waals surface area (Å²) in [7, 11) is 0. The van der Waals surface area contributed by atoms with Gasteiger partial charge in [0.15, 0.2) is 5.78 Å². The Hall–Kier alpha value is -1.62. The Labute approximate surface area is 119 Å². The molecule has 20 heavy (non-hydrogen) atoms. The van der Waals surface area contributed by atoms with Crippen LogP contribution in [-0.2, 0) is 6.42 Å². The van der Waals surface area contributed by atoms with E-state index in [0.29, 0.717) is 24.3 Å². The van der Waals surface area contributed by atoms with Crippen molar-refractivity contribution in [2.45, 2.75) is 46.1 Å². The number of ketones is 1. The fourth-order valence-electron chi connectivity index (χ4n) is 2.97. The highest BCUT2D eigenvalue weighted by molar-refractivity contribution is 6.02. The third-order valence-electron chi connectivity index (χ3n) is 3.87. The quantitative estimate of drug-likeness (QED) is 0.821. The number of carbonyl (C=O) groups excluding carboxylic acids is 2. The molecule has 0 aliphatic carbocycles. The third kappa shape index (κ3) is 2.63. The maximum atomic E-state index is 12.6. The number of carbonyl (C=O) groups is 2. The van der Waals surface area contributed by atoms with Crippen LogP contribution in [0.4, 0.5) is 0 Å². The van der Waals surface area contributed by atoms with Crippen molar-refractivity contribution in [3.63, 3.8) is 0 Å². The van der Waals surface area contributed by atoms with Crippen LogP contribution in [0.5, 0.6) is 0 Å². The van der Waals surface area contributed by atoms with Gasteiger partial charge in [0.1, 0.15) is 5.69 Å². The fraction of sp³-hybridized carbons (Fsp3) is 0.600. The lowest BCUT2D eigenvalue weighted by Crippen LogP contribution is -2.32. The van der Waals surface area contributed by atoms with Crippen molar-refractivity contribution in [1.82, 2.24) is 9.88 Å². The number of hydrogen-bond donors (Lipinski definition) is 2. The molecule has 1 saturated heterocycles. The topological polar surface area (TPSA) is 79.2 Å². The third-order valence-corrected chi connectivity index (χ3v) is 3.87. The molecule has 2 rings (SSSR count). The van der Waals surface area contributed by atoms with Gasteiger partial charge in [-0.05, 0) is 32.3 Å². The summed E-state index contributed by atoms with van der Waals surface area (Å²) in [6.45, 7) is 6.74. The molecule has 3 N–H and O–H groups in total. The Balaban J connectivity index is 2.38. The number of rotatable bonds is 4. The second-order valence-electron chi connectivity index (χ2n) is 5.58. The highest BCUT2D eigenvalue weighted by Crippen LogP contribution is 2.23. The fourth-order valence-corrected chi connectivity index (χ4v) is 2.97. The lowest BCUT2D eigenvalue weighted by molar-refractivity contribution is 0.0784. The van der Waals surface area contributed by atoms with Gasteiger partial charge in [0.25, 0.3) is 5.91 Å². The molecule has 0 unspecified atom stereocenters. The van der Waals surface area contributed by atoms with Gasteiger partial charge < -0.3 is 15.6 Å². The average molecular weight is 277 g/mol. The molecule has 5 nitrogen and oxygen atoms in total. The number of likely N-dealkylation sites (tertiary alicyclic amines) is 1. The predicted octanol–water partition coefficient (Wildman–Crippen LogP) is 1.65. The number of nitrogens with two attached hydrogens (primary N) is 1. The van der Waals surface area contributed by atoms with E-state index in [-0.39, 0.29) is 17.7 Å². The van der Waals surface area contributed by atoms with Crippen molar-refractivity contribution in [2.24, 2.45) is 5.73 Å². The van der Waals surface area contributed by atoms with E-state index in [9.17, 15) is 9.59 Å². The molecule has 0 spiro atoms. The van der Waals surface area contributed by atoms with Gasteiger partial charge in [-0.15, -0.1) is 0 Å². The zero-order valence-electron chi connectivity index (χ0n) is 12.5. The monoisotopic (exact) mass is 277 g/mol. The first kappa shape index (κ1) is 14.8. The molecule has 1 aliphatic heterocycles. The Kier molecular flexibility index (Phi) is 4.28. The second-order valence-corrected chi connectivity index (χ2v) is 5.58. The van der Waals surface area contributed by atoms with E-state index >= 15 is 0 Å². The second kappa shape index (κ2) is 5.79. The molecule has 1 amide bonds. The van der Waals surface area contributed by atoms with Gasteiger partial charge in [-0.2, -0.15) is 0 Å². The molecular weight excluding hydrogens is 254 g/mol. The number of nitrogens with zero attached hydrogens (tertiary/aromatic N) is 1. The summed E-state index contributed by atoms with van der Waals surface area (Å²) in [4.78, 5) is 29.3. The Bertz CT molecular complexity index is 533. The van der Waals surface area contributed by atoms with E-state index in [4.69, 9.17) is 5.73 Å². The van der Waals surface area contributed by atoms with E-state index in [2.05, 4.69) is 4.98 Å².